The van der Waals surface area contributed by atoms with Gasteiger partial charge >= 0.3 is 0 Å². The van der Waals surface area contributed by atoms with Crippen LogP contribution in [-0.2, 0) is 4.79 Å². The van der Waals surface area contributed by atoms with Gasteiger partial charge in [-0.1, -0.05) is 20.3 Å². The second kappa shape index (κ2) is 8.48. The topological polar surface area (TPSA) is 58.4 Å². The lowest BCUT2D eigenvalue weighted by Gasteiger charge is -2.36. The first-order valence-corrected chi connectivity index (χ1v) is 7.42. The Hall–Kier alpha value is -0.610. The van der Waals surface area contributed by atoms with Crippen LogP contribution in [0.2, 0.25) is 0 Å². The van der Waals surface area contributed by atoms with Crippen LogP contribution in [0.25, 0.3) is 0 Å². The quantitative estimate of drug-likeness (QED) is 0.654. The molecule has 1 unspecified atom stereocenters. The van der Waals surface area contributed by atoms with E-state index in [1.54, 1.807) is 0 Å². The van der Waals surface area contributed by atoms with Crippen LogP contribution in [0, 0.1) is 5.92 Å². The highest BCUT2D eigenvalue weighted by atomic mass is 16.1. The van der Waals surface area contributed by atoms with Gasteiger partial charge in [-0.3, -0.25) is 9.69 Å². The van der Waals surface area contributed by atoms with Gasteiger partial charge in [-0.25, -0.2) is 0 Å². The van der Waals surface area contributed by atoms with Gasteiger partial charge in [0.15, 0.2) is 0 Å². The minimum Gasteiger partial charge on any atom is -0.356 e. The molecule has 0 heterocycles. The standard InChI is InChI=1S/C14H29N3O/c1-3-8-16-14(18)9-13(10-15)17(4-2)11-12-6-5-7-12/h12-13H,3-11,15H2,1-2H3,(H,16,18). The molecular weight excluding hydrogens is 226 g/mol. The number of hydrogen-bond acceptors (Lipinski definition) is 3. The Morgan fingerprint density at radius 3 is 2.61 bits per heavy atom. The van der Waals surface area contributed by atoms with Crippen LogP contribution in [-0.4, -0.2) is 43.0 Å². The largest absolute Gasteiger partial charge is 0.356 e. The predicted molar refractivity (Wildman–Crippen MR) is 75.3 cm³/mol. The molecule has 4 nitrogen and oxygen atoms in total. The first-order valence-electron chi connectivity index (χ1n) is 7.42. The Bertz CT molecular complexity index is 241. The zero-order valence-electron chi connectivity index (χ0n) is 12.0. The van der Waals surface area contributed by atoms with Gasteiger partial charge in [-0.15, -0.1) is 0 Å². The van der Waals surface area contributed by atoms with E-state index in [1.807, 2.05) is 0 Å². The Balaban J connectivity index is 2.37. The van der Waals surface area contributed by atoms with E-state index in [2.05, 4.69) is 24.1 Å². The summed E-state index contributed by atoms with van der Waals surface area (Å²) in [4.78, 5) is 14.2. The Kier molecular flexibility index (Phi) is 7.28. The van der Waals surface area contributed by atoms with Gasteiger partial charge in [0, 0.05) is 32.1 Å². The molecule has 0 bridgehead atoms. The van der Waals surface area contributed by atoms with Crippen molar-refractivity contribution in [2.75, 3.05) is 26.2 Å². The number of amides is 1. The van der Waals surface area contributed by atoms with Gasteiger partial charge in [-0.05, 0) is 31.7 Å². The summed E-state index contributed by atoms with van der Waals surface area (Å²) in [6, 6.07) is 0.201. The third kappa shape index (κ3) is 4.94. The molecule has 1 fully saturated rings. The highest BCUT2D eigenvalue weighted by molar-refractivity contribution is 5.76. The Labute approximate surface area is 111 Å². The van der Waals surface area contributed by atoms with Crippen molar-refractivity contribution in [3.05, 3.63) is 0 Å². The number of nitrogens with two attached hydrogens (primary N) is 1. The summed E-state index contributed by atoms with van der Waals surface area (Å²) < 4.78 is 0. The van der Waals surface area contributed by atoms with Crippen LogP contribution in [0.3, 0.4) is 0 Å². The lowest BCUT2D eigenvalue weighted by molar-refractivity contribution is -0.122. The van der Waals surface area contributed by atoms with E-state index in [4.69, 9.17) is 5.73 Å². The van der Waals surface area contributed by atoms with Gasteiger partial charge in [0.05, 0.1) is 0 Å². The van der Waals surface area contributed by atoms with Gasteiger partial charge < -0.3 is 11.1 Å². The fourth-order valence-electron chi connectivity index (χ4n) is 2.46. The molecule has 1 saturated carbocycles. The fourth-order valence-corrected chi connectivity index (χ4v) is 2.46. The molecule has 0 saturated heterocycles. The zero-order valence-corrected chi connectivity index (χ0v) is 12.0. The van der Waals surface area contributed by atoms with Crippen molar-refractivity contribution in [3.8, 4) is 0 Å². The summed E-state index contributed by atoms with van der Waals surface area (Å²) >= 11 is 0. The summed E-state index contributed by atoms with van der Waals surface area (Å²) in [5, 5.41) is 2.94. The molecule has 0 aliphatic heterocycles. The number of nitrogens with zero attached hydrogens (tertiary/aromatic N) is 1. The molecule has 3 N–H and O–H groups in total. The van der Waals surface area contributed by atoms with Gasteiger partial charge in [0.1, 0.15) is 0 Å². The smallest absolute Gasteiger partial charge is 0.221 e. The second-order valence-corrected chi connectivity index (χ2v) is 5.33. The maximum absolute atomic E-state index is 11.8. The van der Waals surface area contributed by atoms with Crippen molar-refractivity contribution in [1.82, 2.24) is 10.2 Å². The molecule has 18 heavy (non-hydrogen) atoms. The van der Waals surface area contributed by atoms with Crippen molar-refractivity contribution in [1.29, 1.82) is 0 Å². The third-order valence-corrected chi connectivity index (χ3v) is 3.91. The minimum absolute atomic E-state index is 0.138. The summed E-state index contributed by atoms with van der Waals surface area (Å²) in [7, 11) is 0. The number of carbonyl (C=O) groups is 1. The number of nitrogens with one attached hydrogen (secondary N) is 1. The first kappa shape index (κ1) is 15.4. The lowest BCUT2D eigenvalue weighted by atomic mass is 9.84. The molecule has 0 aromatic rings. The van der Waals surface area contributed by atoms with E-state index in [1.165, 1.54) is 19.3 Å². The molecule has 1 rings (SSSR count). The molecule has 4 heteroatoms. The van der Waals surface area contributed by atoms with Crippen molar-refractivity contribution in [2.45, 2.75) is 52.0 Å². The zero-order chi connectivity index (χ0) is 13.4. The average Bonchev–Trinajstić information content (AvgIpc) is 2.33. The van der Waals surface area contributed by atoms with Crippen LogP contribution in [0.1, 0.15) is 46.0 Å². The summed E-state index contributed by atoms with van der Waals surface area (Å²) in [6.45, 7) is 7.66. The van der Waals surface area contributed by atoms with Crippen molar-refractivity contribution < 1.29 is 4.79 Å². The number of carbonyl (C=O) groups excluding carboxylic acids is 1. The van der Waals surface area contributed by atoms with Gasteiger partial charge in [-0.2, -0.15) is 0 Å². The van der Waals surface area contributed by atoms with Crippen LogP contribution in [0.5, 0.6) is 0 Å². The van der Waals surface area contributed by atoms with E-state index in [0.717, 1.165) is 32.0 Å². The molecule has 1 amide bonds. The number of likely N-dealkylation sites (N-methyl/N-ethyl adjacent to an activating group) is 1. The van der Waals surface area contributed by atoms with E-state index in [9.17, 15) is 4.79 Å². The van der Waals surface area contributed by atoms with E-state index in [-0.39, 0.29) is 11.9 Å². The van der Waals surface area contributed by atoms with E-state index in [0.29, 0.717) is 13.0 Å². The highest BCUT2D eigenvalue weighted by Gasteiger charge is 2.25. The Morgan fingerprint density at radius 2 is 2.17 bits per heavy atom. The van der Waals surface area contributed by atoms with Crippen LogP contribution >= 0.6 is 0 Å². The maximum atomic E-state index is 11.8. The number of hydrogen-bond donors (Lipinski definition) is 2. The Morgan fingerprint density at radius 1 is 1.44 bits per heavy atom. The lowest BCUT2D eigenvalue weighted by Crippen LogP contribution is -2.46. The first-order chi connectivity index (χ1) is 8.71. The van der Waals surface area contributed by atoms with Crippen LogP contribution in [0.4, 0.5) is 0 Å². The molecule has 0 aromatic carbocycles. The van der Waals surface area contributed by atoms with E-state index < -0.39 is 0 Å². The molecule has 1 aliphatic carbocycles. The molecule has 0 aromatic heterocycles. The molecular formula is C14H29N3O. The maximum Gasteiger partial charge on any atom is 0.221 e. The van der Waals surface area contributed by atoms with Gasteiger partial charge in [0.2, 0.25) is 5.91 Å². The van der Waals surface area contributed by atoms with E-state index >= 15 is 0 Å². The highest BCUT2D eigenvalue weighted by Crippen LogP contribution is 2.27. The molecule has 1 atom stereocenters. The van der Waals surface area contributed by atoms with Crippen molar-refractivity contribution in [2.24, 2.45) is 11.7 Å². The third-order valence-electron chi connectivity index (χ3n) is 3.91. The SMILES string of the molecule is CCCNC(=O)CC(CN)N(CC)CC1CCC1. The normalized spacial score (nSPS) is 17.6. The summed E-state index contributed by atoms with van der Waals surface area (Å²) in [6.07, 6.45) is 5.58. The molecule has 0 spiro atoms. The molecule has 106 valence electrons. The number of rotatable bonds is 9. The monoisotopic (exact) mass is 255 g/mol. The van der Waals surface area contributed by atoms with Crippen molar-refractivity contribution in [3.63, 3.8) is 0 Å². The molecule has 0 radical (unpaired) electrons. The minimum atomic E-state index is 0.138. The summed E-state index contributed by atoms with van der Waals surface area (Å²) in [5.74, 6) is 0.970. The van der Waals surface area contributed by atoms with Crippen LogP contribution in [0.15, 0.2) is 0 Å². The molecule has 1 aliphatic rings. The van der Waals surface area contributed by atoms with Gasteiger partial charge in [0.25, 0.3) is 0 Å². The average molecular weight is 255 g/mol. The fraction of sp³-hybridized carbons (Fsp3) is 0.929. The van der Waals surface area contributed by atoms with Crippen LogP contribution < -0.4 is 11.1 Å². The van der Waals surface area contributed by atoms with Crippen molar-refractivity contribution >= 4 is 5.91 Å². The second-order valence-electron chi connectivity index (χ2n) is 5.33. The predicted octanol–water partition coefficient (Wildman–Crippen LogP) is 1.35. The summed E-state index contributed by atoms with van der Waals surface area (Å²) in [5.41, 5.74) is 5.84.